The Morgan fingerprint density at radius 2 is 1.73 bits per heavy atom. The first-order valence-electron chi connectivity index (χ1n) is 9.50. The summed E-state index contributed by atoms with van der Waals surface area (Å²) in [6, 6.07) is 10.4. The van der Waals surface area contributed by atoms with E-state index in [-0.39, 0.29) is 5.43 Å². The molecule has 4 rings (SSSR count). The van der Waals surface area contributed by atoms with E-state index in [1.54, 1.807) is 12.4 Å². The second kappa shape index (κ2) is 7.54. The van der Waals surface area contributed by atoms with Crippen molar-refractivity contribution in [3.05, 3.63) is 52.9 Å². The number of methoxy groups -OCH3 is 1. The van der Waals surface area contributed by atoms with Gasteiger partial charge < -0.3 is 18.9 Å². The average Bonchev–Trinajstić information content (AvgIpc) is 2.63. The van der Waals surface area contributed by atoms with Crippen LogP contribution in [0.1, 0.15) is 32.1 Å². The molecule has 2 aromatic rings. The maximum Gasteiger partial charge on any atom is 0.223 e. The number of likely N-dealkylation sites (tertiary alicyclic amines) is 1. The molecule has 1 saturated carbocycles. The van der Waals surface area contributed by atoms with Gasteiger partial charge >= 0.3 is 0 Å². The number of rotatable bonds is 5. The van der Waals surface area contributed by atoms with Crippen molar-refractivity contribution in [1.29, 1.82) is 0 Å². The fraction of sp³-hybridized carbons (Fsp3) is 0.476. The van der Waals surface area contributed by atoms with E-state index in [0.717, 1.165) is 43.4 Å². The molecule has 1 aromatic heterocycles. The molecule has 0 N–H and O–H groups in total. The summed E-state index contributed by atoms with van der Waals surface area (Å²) in [5, 5.41) is 0. The minimum atomic E-state index is -0.114. The topological polar surface area (TPSA) is 43.7 Å². The molecule has 5 heteroatoms. The van der Waals surface area contributed by atoms with Crippen LogP contribution in [0.3, 0.4) is 0 Å². The van der Waals surface area contributed by atoms with Crippen LogP contribution < -0.4 is 14.9 Å². The second-order valence-electron chi connectivity index (χ2n) is 7.22. The quantitative estimate of drug-likeness (QED) is 0.827. The standard InChI is InChI=1S/C21H26N2O3/c1-25-21-15-23(14-11-20(21)24)17-5-7-18(8-6-17)26-19-9-12-22(13-10-19)16-3-2-4-16/h5-8,11,14-16,19H,2-4,9-10,12-13H2,1H3. The predicted molar refractivity (Wildman–Crippen MR) is 101 cm³/mol. The lowest BCUT2D eigenvalue weighted by molar-refractivity contribution is 0.0493. The van der Waals surface area contributed by atoms with Crippen molar-refractivity contribution >= 4 is 0 Å². The Hall–Kier alpha value is -2.27. The molecule has 0 radical (unpaired) electrons. The van der Waals surface area contributed by atoms with Crippen LogP contribution >= 0.6 is 0 Å². The van der Waals surface area contributed by atoms with Crippen molar-refractivity contribution in [3.63, 3.8) is 0 Å². The highest BCUT2D eigenvalue weighted by Crippen LogP contribution is 2.28. The Labute approximate surface area is 154 Å². The van der Waals surface area contributed by atoms with Crippen LogP contribution in [-0.4, -0.2) is 41.8 Å². The molecule has 1 aliphatic carbocycles. The van der Waals surface area contributed by atoms with Gasteiger partial charge in [0.2, 0.25) is 5.43 Å². The number of hydrogen-bond acceptors (Lipinski definition) is 4. The minimum Gasteiger partial charge on any atom is -0.491 e. The average molecular weight is 354 g/mol. The summed E-state index contributed by atoms with van der Waals surface area (Å²) in [6.45, 7) is 2.31. The predicted octanol–water partition coefficient (Wildman–Crippen LogP) is 3.24. The van der Waals surface area contributed by atoms with Crippen LogP contribution in [0.2, 0.25) is 0 Å². The Kier molecular flexibility index (Phi) is 4.98. The normalized spacial score (nSPS) is 19.1. The third kappa shape index (κ3) is 3.63. The zero-order valence-corrected chi connectivity index (χ0v) is 15.3. The van der Waals surface area contributed by atoms with Gasteiger partial charge in [-0.2, -0.15) is 0 Å². The molecule has 0 unspecified atom stereocenters. The first kappa shape index (κ1) is 17.2. The Morgan fingerprint density at radius 3 is 2.35 bits per heavy atom. The van der Waals surface area contributed by atoms with Crippen LogP contribution in [0.15, 0.2) is 47.5 Å². The van der Waals surface area contributed by atoms with Crippen LogP contribution in [0.25, 0.3) is 5.69 Å². The van der Waals surface area contributed by atoms with Gasteiger partial charge in [0.05, 0.1) is 13.3 Å². The monoisotopic (exact) mass is 354 g/mol. The first-order valence-corrected chi connectivity index (χ1v) is 9.50. The fourth-order valence-electron chi connectivity index (χ4n) is 3.78. The van der Waals surface area contributed by atoms with E-state index in [9.17, 15) is 4.79 Å². The van der Waals surface area contributed by atoms with E-state index in [1.807, 2.05) is 28.8 Å². The van der Waals surface area contributed by atoms with Gasteiger partial charge in [-0.1, -0.05) is 6.42 Å². The molecular weight excluding hydrogens is 328 g/mol. The highest BCUT2D eigenvalue weighted by Gasteiger charge is 2.29. The minimum absolute atomic E-state index is 0.114. The van der Waals surface area contributed by atoms with Crippen molar-refractivity contribution < 1.29 is 9.47 Å². The molecule has 0 amide bonds. The van der Waals surface area contributed by atoms with E-state index < -0.39 is 0 Å². The molecule has 0 atom stereocenters. The summed E-state index contributed by atoms with van der Waals surface area (Å²) in [5.74, 6) is 1.25. The fourth-order valence-corrected chi connectivity index (χ4v) is 3.78. The summed E-state index contributed by atoms with van der Waals surface area (Å²) in [5.41, 5.74) is 0.854. The molecule has 1 aliphatic heterocycles. The van der Waals surface area contributed by atoms with Crippen LogP contribution in [0, 0.1) is 0 Å². The summed E-state index contributed by atoms with van der Waals surface area (Å²) in [6.07, 6.45) is 10.1. The molecule has 138 valence electrons. The van der Waals surface area contributed by atoms with Crippen LogP contribution in [0.5, 0.6) is 11.5 Å². The number of aromatic nitrogens is 1. The second-order valence-corrected chi connectivity index (χ2v) is 7.22. The first-order chi connectivity index (χ1) is 12.7. The van der Waals surface area contributed by atoms with Crippen molar-refractivity contribution in [2.75, 3.05) is 20.2 Å². The van der Waals surface area contributed by atoms with Crippen molar-refractivity contribution in [1.82, 2.24) is 9.47 Å². The molecule has 0 bridgehead atoms. The lowest BCUT2D eigenvalue weighted by atomic mass is 9.90. The molecule has 0 spiro atoms. The lowest BCUT2D eigenvalue weighted by Crippen LogP contribution is -2.46. The van der Waals surface area contributed by atoms with Crippen molar-refractivity contribution in [3.8, 4) is 17.2 Å². The summed E-state index contributed by atoms with van der Waals surface area (Å²) in [7, 11) is 1.51. The van der Waals surface area contributed by atoms with Gasteiger partial charge in [-0.05, 0) is 49.9 Å². The SMILES string of the molecule is COc1cn(-c2ccc(OC3CCN(C4CCC4)CC3)cc2)ccc1=O. The van der Waals surface area contributed by atoms with Gasteiger partial charge in [0.25, 0.3) is 0 Å². The number of pyridine rings is 1. The van der Waals surface area contributed by atoms with E-state index in [0.29, 0.717) is 11.9 Å². The van der Waals surface area contributed by atoms with Crippen LogP contribution in [0.4, 0.5) is 0 Å². The number of ether oxygens (including phenoxy) is 2. The lowest BCUT2D eigenvalue weighted by Gasteiger charge is -2.41. The molecule has 1 saturated heterocycles. The van der Waals surface area contributed by atoms with Gasteiger partial charge in [-0.15, -0.1) is 0 Å². The number of piperidine rings is 1. The summed E-state index contributed by atoms with van der Waals surface area (Å²) < 4.78 is 13.2. The maximum atomic E-state index is 11.6. The Bertz CT molecular complexity index is 788. The Morgan fingerprint density at radius 1 is 1.00 bits per heavy atom. The largest absolute Gasteiger partial charge is 0.491 e. The molecular formula is C21H26N2O3. The van der Waals surface area contributed by atoms with E-state index >= 15 is 0 Å². The molecule has 2 heterocycles. The summed E-state index contributed by atoms with van der Waals surface area (Å²) in [4.78, 5) is 14.3. The third-order valence-electron chi connectivity index (χ3n) is 5.61. The van der Waals surface area contributed by atoms with Gasteiger partial charge in [0.1, 0.15) is 11.9 Å². The number of nitrogens with zero attached hydrogens (tertiary/aromatic N) is 2. The van der Waals surface area contributed by atoms with E-state index in [4.69, 9.17) is 9.47 Å². The molecule has 2 fully saturated rings. The zero-order valence-electron chi connectivity index (χ0n) is 15.3. The van der Waals surface area contributed by atoms with Gasteiger partial charge in [0, 0.05) is 37.1 Å². The zero-order chi connectivity index (χ0) is 17.9. The van der Waals surface area contributed by atoms with E-state index in [1.165, 1.54) is 32.4 Å². The third-order valence-corrected chi connectivity index (χ3v) is 5.61. The van der Waals surface area contributed by atoms with Gasteiger partial charge in [0.15, 0.2) is 5.75 Å². The summed E-state index contributed by atoms with van der Waals surface area (Å²) >= 11 is 0. The number of benzene rings is 1. The Balaban J connectivity index is 1.36. The van der Waals surface area contributed by atoms with Gasteiger partial charge in [-0.25, -0.2) is 0 Å². The molecule has 26 heavy (non-hydrogen) atoms. The molecule has 5 nitrogen and oxygen atoms in total. The van der Waals surface area contributed by atoms with Crippen molar-refractivity contribution in [2.24, 2.45) is 0 Å². The van der Waals surface area contributed by atoms with Crippen molar-refractivity contribution in [2.45, 2.75) is 44.2 Å². The van der Waals surface area contributed by atoms with E-state index in [2.05, 4.69) is 4.90 Å². The molecule has 2 aliphatic rings. The number of hydrogen-bond donors (Lipinski definition) is 0. The maximum absolute atomic E-state index is 11.6. The smallest absolute Gasteiger partial charge is 0.223 e. The van der Waals surface area contributed by atoms with Crippen LogP contribution in [-0.2, 0) is 0 Å². The highest BCUT2D eigenvalue weighted by atomic mass is 16.5. The highest BCUT2D eigenvalue weighted by molar-refractivity contribution is 5.39. The molecule has 1 aromatic carbocycles. The van der Waals surface area contributed by atoms with Gasteiger partial charge in [-0.3, -0.25) is 4.79 Å².